The van der Waals surface area contributed by atoms with Crippen LogP contribution in [0.25, 0.3) is 0 Å². The molecule has 1 heterocycles. The van der Waals surface area contributed by atoms with Crippen LogP contribution in [0, 0.1) is 0 Å². The van der Waals surface area contributed by atoms with Crippen LogP contribution in [-0.4, -0.2) is 22.5 Å². The Labute approximate surface area is 64.4 Å². The molecule has 0 N–H and O–H groups in total. The van der Waals surface area contributed by atoms with Gasteiger partial charge in [-0.1, -0.05) is 6.92 Å². The summed E-state index contributed by atoms with van der Waals surface area (Å²) in [5.41, 5.74) is 0.906. The molecule has 1 rings (SSSR count). The predicted molar refractivity (Wildman–Crippen MR) is 45.2 cm³/mol. The van der Waals surface area contributed by atoms with Crippen molar-refractivity contribution in [2.24, 2.45) is 0 Å². The Bertz CT molecular complexity index is 134. The smallest absolute Gasteiger partial charge is 0.0312 e. The van der Waals surface area contributed by atoms with Gasteiger partial charge in [0.2, 0.25) is 0 Å². The maximum absolute atomic E-state index is 2.56. The summed E-state index contributed by atoms with van der Waals surface area (Å²) in [4.78, 5) is 2.56. The molecule has 0 saturated carbocycles. The van der Waals surface area contributed by atoms with Crippen molar-refractivity contribution in [2.75, 3.05) is 6.54 Å². The summed E-state index contributed by atoms with van der Waals surface area (Å²) in [7, 11) is 0. The van der Waals surface area contributed by atoms with Gasteiger partial charge in [-0.2, -0.15) is 0 Å². The lowest BCUT2D eigenvalue weighted by Gasteiger charge is -2.24. The van der Waals surface area contributed by atoms with E-state index < -0.39 is 0 Å². The molecular formula is C9H19N. The average molecular weight is 141 g/mol. The van der Waals surface area contributed by atoms with Crippen molar-refractivity contribution in [3.05, 3.63) is 0 Å². The maximum Gasteiger partial charge on any atom is 0.0312 e. The molecule has 0 aromatic rings. The second-order valence-electron chi connectivity index (χ2n) is 4.61. The van der Waals surface area contributed by atoms with Crippen LogP contribution < -0.4 is 0 Å². The van der Waals surface area contributed by atoms with Gasteiger partial charge in [0.15, 0.2) is 0 Å². The molecule has 1 saturated heterocycles. The van der Waals surface area contributed by atoms with E-state index >= 15 is 0 Å². The van der Waals surface area contributed by atoms with Crippen LogP contribution in [0.5, 0.6) is 0 Å². The Hall–Kier alpha value is -0.0400. The Morgan fingerprint density at radius 3 is 2.00 bits per heavy atom. The third kappa shape index (κ3) is 1.20. The zero-order chi connectivity index (χ0) is 7.99. The highest BCUT2D eigenvalue weighted by Crippen LogP contribution is 2.41. The summed E-state index contributed by atoms with van der Waals surface area (Å²) in [5.74, 6) is 0. The summed E-state index contributed by atoms with van der Waals surface area (Å²) < 4.78 is 0. The molecule has 0 aromatic heterocycles. The maximum atomic E-state index is 2.56. The van der Waals surface area contributed by atoms with Crippen LogP contribution in [0.3, 0.4) is 0 Å². The number of nitrogens with zero attached hydrogens (tertiary/aromatic N) is 1. The minimum atomic E-state index is 0.380. The van der Waals surface area contributed by atoms with Gasteiger partial charge < -0.3 is 0 Å². The van der Waals surface area contributed by atoms with Gasteiger partial charge in [-0.05, 0) is 34.1 Å². The summed E-state index contributed by atoms with van der Waals surface area (Å²) >= 11 is 0. The van der Waals surface area contributed by atoms with Crippen LogP contribution in [0.2, 0.25) is 0 Å². The summed E-state index contributed by atoms with van der Waals surface area (Å²) in [6, 6.07) is 0. The van der Waals surface area contributed by atoms with E-state index in [0.717, 1.165) is 0 Å². The van der Waals surface area contributed by atoms with Gasteiger partial charge in [0.05, 0.1) is 0 Å². The van der Waals surface area contributed by atoms with Gasteiger partial charge >= 0.3 is 0 Å². The first-order chi connectivity index (χ1) is 4.40. The third-order valence-corrected chi connectivity index (χ3v) is 2.62. The molecule has 1 heteroatoms. The minimum absolute atomic E-state index is 0.380. The molecule has 0 spiro atoms. The molecule has 0 aromatic carbocycles. The largest absolute Gasteiger partial charge is 0.290 e. The first-order valence-corrected chi connectivity index (χ1v) is 4.18. The second kappa shape index (κ2) is 1.97. The van der Waals surface area contributed by atoms with E-state index in [-0.39, 0.29) is 0 Å². The van der Waals surface area contributed by atoms with E-state index in [2.05, 4.69) is 39.5 Å². The first-order valence-electron chi connectivity index (χ1n) is 4.18. The average Bonchev–Trinajstić information content (AvgIpc) is 2.43. The van der Waals surface area contributed by atoms with Crippen molar-refractivity contribution in [3.8, 4) is 0 Å². The molecule has 0 radical (unpaired) electrons. The topological polar surface area (TPSA) is 3.01 Å². The normalized spacial score (nSPS) is 39.9. The molecule has 10 heavy (non-hydrogen) atoms. The van der Waals surface area contributed by atoms with Crippen molar-refractivity contribution in [3.63, 3.8) is 0 Å². The molecule has 0 bridgehead atoms. The van der Waals surface area contributed by atoms with Gasteiger partial charge in [-0.3, -0.25) is 4.90 Å². The van der Waals surface area contributed by atoms with Crippen LogP contribution in [0.15, 0.2) is 0 Å². The highest BCUT2D eigenvalue weighted by molar-refractivity contribution is 5.07. The van der Waals surface area contributed by atoms with Crippen molar-refractivity contribution in [2.45, 2.75) is 52.1 Å². The zero-order valence-corrected chi connectivity index (χ0v) is 7.86. The van der Waals surface area contributed by atoms with Gasteiger partial charge in [0, 0.05) is 17.6 Å². The Morgan fingerprint density at radius 1 is 1.40 bits per heavy atom. The fourth-order valence-corrected chi connectivity index (χ4v) is 1.65. The van der Waals surface area contributed by atoms with Gasteiger partial charge in [-0.25, -0.2) is 0 Å². The standard InChI is InChI=1S/C9H19N/c1-6-9(5)7-10(9)8(2,3)4/h6-7H2,1-5H3. The van der Waals surface area contributed by atoms with E-state index in [1.807, 2.05) is 0 Å². The SMILES string of the molecule is CCC1(C)CN1C(C)(C)C. The lowest BCUT2D eigenvalue weighted by molar-refractivity contribution is 0.247. The van der Waals surface area contributed by atoms with Crippen LogP contribution in [0.1, 0.15) is 41.0 Å². The molecule has 60 valence electrons. The van der Waals surface area contributed by atoms with Crippen LogP contribution in [0.4, 0.5) is 0 Å². The highest BCUT2D eigenvalue weighted by atomic mass is 15.4. The molecule has 0 amide bonds. The second-order valence-corrected chi connectivity index (χ2v) is 4.61. The molecule has 2 unspecified atom stereocenters. The minimum Gasteiger partial charge on any atom is -0.290 e. The third-order valence-electron chi connectivity index (χ3n) is 2.62. The van der Waals surface area contributed by atoms with E-state index in [4.69, 9.17) is 0 Å². The van der Waals surface area contributed by atoms with Crippen LogP contribution in [-0.2, 0) is 0 Å². The molecule has 1 aliphatic rings. The monoisotopic (exact) mass is 141 g/mol. The van der Waals surface area contributed by atoms with Gasteiger partial charge in [0.25, 0.3) is 0 Å². The van der Waals surface area contributed by atoms with E-state index in [0.29, 0.717) is 11.1 Å². The zero-order valence-electron chi connectivity index (χ0n) is 7.86. The van der Waals surface area contributed by atoms with Crippen molar-refractivity contribution in [1.29, 1.82) is 0 Å². The van der Waals surface area contributed by atoms with E-state index in [9.17, 15) is 0 Å². The number of rotatable bonds is 1. The Kier molecular flexibility index (Phi) is 1.59. The lowest BCUT2D eigenvalue weighted by Crippen LogP contribution is -2.31. The van der Waals surface area contributed by atoms with E-state index in [1.165, 1.54) is 13.0 Å². The molecular weight excluding hydrogens is 122 g/mol. The number of hydrogen-bond donors (Lipinski definition) is 0. The summed E-state index contributed by atoms with van der Waals surface area (Å²) in [5, 5.41) is 0. The quantitative estimate of drug-likeness (QED) is 0.506. The first kappa shape index (κ1) is 8.06. The Balaban J connectivity index is 2.52. The fraction of sp³-hybridized carbons (Fsp3) is 1.00. The lowest BCUT2D eigenvalue weighted by atomic mass is 10.1. The molecule has 1 aliphatic heterocycles. The van der Waals surface area contributed by atoms with Crippen molar-refractivity contribution < 1.29 is 0 Å². The highest BCUT2D eigenvalue weighted by Gasteiger charge is 2.51. The molecule has 1 fully saturated rings. The number of hydrogen-bond acceptors (Lipinski definition) is 1. The van der Waals surface area contributed by atoms with E-state index in [1.54, 1.807) is 0 Å². The fourth-order valence-electron chi connectivity index (χ4n) is 1.65. The van der Waals surface area contributed by atoms with Gasteiger partial charge in [-0.15, -0.1) is 0 Å². The molecule has 1 nitrogen and oxygen atoms in total. The summed E-state index contributed by atoms with van der Waals surface area (Å²) in [6.07, 6.45) is 1.28. The molecule has 0 aliphatic carbocycles. The Morgan fingerprint density at radius 2 is 1.90 bits per heavy atom. The van der Waals surface area contributed by atoms with Crippen molar-refractivity contribution in [1.82, 2.24) is 4.90 Å². The molecule has 2 atom stereocenters. The van der Waals surface area contributed by atoms with Gasteiger partial charge in [0.1, 0.15) is 0 Å². The van der Waals surface area contributed by atoms with Crippen LogP contribution >= 0.6 is 0 Å². The summed E-state index contributed by atoms with van der Waals surface area (Å²) in [6.45, 7) is 12.8. The predicted octanol–water partition coefficient (Wildman–Crippen LogP) is 2.27. The van der Waals surface area contributed by atoms with Crippen molar-refractivity contribution >= 4 is 0 Å².